The summed E-state index contributed by atoms with van der Waals surface area (Å²) in [5.41, 5.74) is 7.09. The van der Waals surface area contributed by atoms with E-state index in [1.807, 2.05) is 0 Å². The van der Waals surface area contributed by atoms with Gasteiger partial charge in [0, 0.05) is 23.3 Å². The Morgan fingerprint density at radius 1 is 1.59 bits per heavy atom. The molecule has 1 unspecified atom stereocenters. The maximum absolute atomic E-state index is 11.9. The van der Waals surface area contributed by atoms with Gasteiger partial charge < -0.3 is 16.0 Å². The zero-order chi connectivity index (χ0) is 12.6. The molecule has 1 atom stereocenters. The van der Waals surface area contributed by atoms with Gasteiger partial charge in [0.1, 0.15) is 12.6 Å². The Balaban J connectivity index is 2.38. The second-order valence-corrected chi connectivity index (χ2v) is 4.21. The van der Waals surface area contributed by atoms with Gasteiger partial charge >= 0.3 is 0 Å². The summed E-state index contributed by atoms with van der Waals surface area (Å²) in [6, 6.07) is 4.28. The molecule has 3 N–H and O–H groups in total. The van der Waals surface area contributed by atoms with Gasteiger partial charge in [-0.05, 0) is 18.2 Å². The number of carbonyl (C=O) groups is 2. The maximum atomic E-state index is 11.9. The Morgan fingerprint density at radius 2 is 2.29 bits per heavy atom. The van der Waals surface area contributed by atoms with Crippen LogP contribution in [0.15, 0.2) is 18.2 Å². The Hall–Kier alpha value is -1.59. The van der Waals surface area contributed by atoms with Crippen LogP contribution in [-0.4, -0.2) is 25.4 Å². The molecule has 90 valence electrons. The number of benzene rings is 1. The molecular weight excluding hydrogens is 242 g/mol. The van der Waals surface area contributed by atoms with E-state index in [0.29, 0.717) is 16.3 Å². The molecular formula is C11H12ClN3O2. The highest BCUT2D eigenvalue weighted by atomic mass is 35.5. The maximum Gasteiger partial charge on any atom is 0.249 e. The lowest BCUT2D eigenvalue weighted by molar-refractivity contribution is -0.123. The minimum atomic E-state index is -0.742. The molecule has 1 heterocycles. The van der Waals surface area contributed by atoms with E-state index < -0.39 is 6.04 Å². The number of likely N-dealkylation sites (N-methyl/N-ethyl adjacent to an activating group) is 1. The molecule has 0 saturated heterocycles. The molecule has 6 heteroatoms. The average molecular weight is 254 g/mol. The molecule has 1 aliphatic rings. The van der Waals surface area contributed by atoms with Crippen molar-refractivity contribution in [2.75, 3.05) is 18.5 Å². The second kappa shape index (κ2) is 4.35. The van der Waals surface area contributed by atoms with Crippen LogP contribution in [0.4, 0.5) is 5.69 Å². The molecule has 1 aromatic rings. The van der Waals surface area contributed by atoms with Gasteiger partial charge in [-0.25, -0.2) is 0 Å². The van der Waals surface area contributed by atoms with Crippen molar-refractivity contribution in [2.24, 2.45) is 5.73 Å². The Bertz CT molecular complexity index is 490. The average Bonchev–Trinajstić information content (AvgIpc) is 2.54. The van der Waals surface area contributed by atoms with Crippen LogP contribution in [0.5, 0.6) is 0 Å². The van der Waals surface area contributed by atoms with Crippen molar-refractivity contribution in [3.63, 3.8) is 0 Å². The predicted octanol–water partition coefficient (Wildman–Crippen LogP) is 0.432. The van der Waals surface area contributed by atoms with Crippen molar-refractivity contribution in [3.8, 4) is 0 Å². The van der Waals surface area contributed by atoms with E-state index in [1.165, 1.54) is 11.9 Å². The van der Waals surface area contributed by atoms with Crippen molar-refractivity contribution in [2.45, 2.75) is 6.04 Å². The van der Waals surface area contributed by atoms with E-state index in [9.17, 15) is 9.59 Å². The molecule has 0 saturated carbocycles. The fraction of sp³-hybridized carbons (Fsp3) is 0.273. The molecule has 17 heavy (non-hydrogen) atoms. The minimum Gasteiger partial charge on any atom is -0.358 e. The topological polar surface area (TPSA) is 75.4 Å². The van der Waals surface area contributed by atoms with Crippen LogP contribution in [0.25, 0.3) is 0 Å². The van der Waals surface area contributed by atoms with Crippen LogP contribution < -0.4 is 16.0 Å². The summed E-state index contributed by atoms with van der Waals surface area (Å²) in [5.74, 6) is -0.529. The first-order valence-corrected chi connectivity index (χ1v) is 5.49. The van der Waals surface area contributed by atoms with Gasteiger partial charge in [0.25, 0.3) is 0 Å². The van der Waals surface area contributed by atoms with Crippen molar-refractivity contribution < 1.29 is 9.59 Å². The number of anilines is 1. The first-order valence-electron chi connectivity index (χ1n) is 5.11. The number of halogens is 1. The molecule has 1 aliphatic heterocycles. The van der Waals surface area contributed by atoms with Gasteiger partial charge in [-0.3, -0.25) is 9.59 Å². The third-order valence-corrected chi connectivity index (χ3v) is 2.96. The zero-order valence-corrected chi connectivity index (χ0v) is 9.99. The van der Waals surface area contributed by atoms with E-state index in [-0.39, 0.29) is 18.4 Å². The highest BCUT2D eigenvalue weighted by Crippen LogP contribution is 2.35. The molecule has 0 fully saturated rings. The number of amides is 2. The summed E-state index contributed by atoms with van der Waals surface area (Å²) in [6.45, 7) is -0.0301. The number of fused-ring (bicyclic) bond motifs is 1. The standard InChI is InChI=1S/C11H12ClN3O2/c1-14-9(16)5-15-8-3-2-6(12)4-7(8)10(13)11(15)17/h2-4,10H,5,13H2,1H3,(H,14,16). The normalized spacial score (nSPS) is 18.2. The number of hydrogen-bond acceptors (Lipinski definition) is 3. The number of rotatable bonds is 2. The molecule has 0 aliphatic carbocycles. The molecule has 0 aromatic heterocycles. The summed E-state index contributed by atoms with van der Waals surface area (Å²) in [4.78, 5) is 24.6. The third-order valence-electron chi connectivity index (χ3n) is 2.73. The van der Waals surface area contributed by atoms with Gasteiger partial charge in [-0.1, -0.05) is 11.6 Å². The monoisotopic (exact) mass is 253 g/mol. The van der Waals surface area contributed by atoms with Crippen molar-refractivity contribution >= 4 is 29.1 Å². The van der Waals surface area contributed by atoms with Crippen LogP contribution in [0.3, 0.4) is 0 Å². The van der Waals surface area contributed by atoms with Crippen LogP contribution in [0.2, 0.25) is 5.02 Å². The summed E-state index contributed by atoms with van der Waals surface area (Å²) >= 11 is 5.85. The number of nitrogens with one attached hydrogen (secondary N) is 1. The largest absolute Gasteiger partial charge is 0.358 e. The SMILES string of the molecule is CNC(=O)CN1C(=O)C(N)c2cc(Cl)ccc21. The molecule has 0 spiro atoms. The summed E-state index contributed by atoms with van der Waals surface area (Å²) in [5, 5.41) is 2.99. The molecule has 5 nitrogen and oxygen atoms in total. The highest BCUT2D eigenvalue weighted by molar-refractivity contribution is 6.31. The summed E-state index contributed by atoms with van der Waals surface area (Å²) < 4.78 is 0. The minimum absolute atomic E-state index is 0.0301. The number of carbonyl (C=O) groups excluding carboxylic acids is 2. The van der Waals surface area contributed by atoms with Crippen molar-refractivity contribution in [1.82, 2.24) is 5.32 Å². The van der Waals surface area contributed by atoms with Crippen LogP contribution in [0.1, 0.15) is 11.6 Å². The second-order valence-electron chi connectivity index (χ2n) is 3.78. The van der Waals surface area contributed by atoms with Crippen LogP contribution in [0, 0.1) is 0 Å². The van der Waals surface area contributed by atoms with Gasteiger partial charge in [0.2, 0.25) is 11.8 Å². The predicted molar refractivity (Wildman–Crippen MR) is 64.8 cm³/mol. The van der Waals surface area contributed by atoms with Gasteiger partial charge in [-0.2, -0.15) is 0 Å². The quantitative estimate of drug-likeness (QED) is 0.803. The van der Waals surface area contributed by atoms with E-state index in [0.717, 1.165) is 0 Å². The van der Waals surface area contributed by atoms with E-state index in [1.54, 1.807) is 18.2 Å². The molecule has 2 rings (SSSR count). The van der Waals surface area contributed by atoms with Crippen LogP contribution in [-0.2, 0) is 9.59 Å². The molecule has 1 aromatic carbocycles. The van der Waals surface area contributed by atoms with E-state index >= 15 is 0 Å². The smallest absolute Gasteiger partial charge is 0.249 e. The fourth-order valence-corrected chi connectivity index (χ4v) is 2.01. The van der Waals surface area contributed by atoms with E-state index in [2.05, 4.69) is 5.32 Å². The van der Waals surface area contributed by atoms with Gasteiger partial charge in [0.15, 0.2) is 0 Å². The fourth-order valence-electron chi connectivity index (χ4n) is 1.83. The highest BCUT2D eigenvalue weighted by Gasteiger charge is 2.35. The Morgan fingerprint density at radius 3 is 2.94 bits per heavy atom. The molecule has 0 radical (unpaired) electrons. The first-order chi connectivity index (χ1) is 8.04. The van der Waals surface area contributed by atoms with Gasteiger partial charge in [0.05, 0.1) is 0 Å². The van der Waals surface area contributed by atoms with Crippen molar-refractivity contribution in [3.05, 3.63) is 28.8 Å². The molecule has 0 bridgehead atoms. The molecule has 2 amide bonds. The van der Waals surface area contributed by atoms with Gasteiger partial charge in [-0.15, -0.1) is 0 Å². The number of nitrogens with zero attached hydrogens (tertiary/aromatic N) is 1. The lowest BCUT2D eigenvalue weighted by Crippen LogP contribution is -2.39. The summed E-state index contributed by atoms with van der Waals surface area (Å²) in [7, 11) is 1.52. The van der Waals surface area contributed by atoms with Crippen LogP contribution >= 0.6 is 11.6 Å². The third kappa shape index (κ3) is 1.99. The lowest BCUT2D eigenvalue weighted by atomic mass is 10.1. The lowest BCUT2D eigenvalue weighted by Gasteiger charge is -2.16. The Labute approximate surface area is 104 Å². The first kappa shape index (κ1) is 11.9. The summed E-state index contributed by atoms with van der Waals surface area (Å²) in [6.07, 6.45) is 0. The number of hydrogen-bond donors (Lipinski definition) is 2. The number of nitrogens with two attached hydrogens (primary N) is 1. The zero-order valence-electron chi connectivity index (χ0n) is 9.24. The van der Waals surface area contributed by atoms with E-state index in [4.69, 9.17) is 17.3 Å². The Kier molecular flexibility index (Phi) is 3.04. The van der Waals surface area contributed by atoms with Crippen molar-refractivity contribution in [1.29, 1.82) is 0 Å².